The zero-order chi connectivity index (χ0) is 17.1. The maximum Gasteiger partial charge on any atom is 0.324 e. The Labute approximate surface area is 143 Å². The van der Waals surface area contributed by atoms with Crippen molar-refractivity contribution in [3.63, 3.8) is 0 Å². The summed E-state index contributed by atoms with van der Waals surface area (Å²) in [7, 11) is 0. The lowest BCUT2D eigenvalue weighted by Gasteiger charge is -2.29. The summed E-state index contributed by atoms with van der Waals surface area (Å²) in [5.74, 6) is 0.856. The molecule has 2 amide bonds. The molecule has 0 unspecified atom stereocenters. The number of nitrogens with zero attached hydrogens (tertiary/aromatic N) is 1. The van der Waals surface area contributed by atoms with Crippen molar-refractivity contribution in [2.24, 2.45) is 0 Å². The SMILES string of the molecule is Cc1ccc(C)c(OCNC(=O)N2CCCc3ccccc32)c1C. The first-order valence-electron chi connectivity index (χ1n) is 8.41. The van der Waals surface area contributed by atoms with Gasteiger partial charge in [-0.3, -0.25) is 4.90 Å². The zero-order valence-electron chi connectivity index (χ0n) is 14.6. The number of aryl methyl sites for hydroxylation is 3. The molecule has 3 rings (SSSR count). The summed E-state index contributed by atoms with van der Waals surface area (Å²) in [4.78, 5) is 14.3. The van der Waals surface area contributed by atoms with Crippen LogP contribution in [0, 0.1) is 20.8 Å². The number of ether oxygens (including phenoxy) is 1. The van der Waals surface area contributed by atoms with Crippen LogP contribution in [0.2, 0.25) is 0 Å². The maximum atomic E-state index is 12.5. The number of hydrogen-bond acceptors (Lipinski definition) is 2. The molecule has 0 bridgehead atoms. The molecule has 1 N–H and O–H groups in total. The second-order valence-corrected chi connectivity index (χ2v) is 6.31. The summed E-state index contributed by atoms with van der Waals surface area (Å²) in [5, 5.41) is 2.88. The number of rotatable bonds is 3. The van der Waals surface area contributed by atoms with E-state index in [1.165, 1.54) is 11.1 Å². The van der Waals surface area contributed by atoms with Gasteiger partial charge in [0.1, 0.15) is 5.75 Å². The Morgan fingerprint density at radius 3 is 2.71 bits per heavy atom. The maximum absolute atomic E-state index is 12.5. The summed E-state index contributed by atoms with van der Waals surface area (Å²) in [6.07, 6.45) is 2.01. The lowest BCUT2D eigenvalue weighted by molar-refractivity contribution is 0.228. The third-order valence-corrected chi connectivity index (χ3v) is 4.67. The molecular formula is C20H24N2O2. The van der Waals surface area contributed by atoms with Gasteiger partial charge in [-0.2, -0.15) is 0 Å². The van der Waals surface area contributed by atoms with Crippen LogP contribution in [0.3, 0.4) is 0 Å². The fraction of sp³-hybridized carbons (Fsp3) is 0.350. The third-order valence-electron chi connectivity index (χ3n) is 4.67. The van der Waals surface area contributed by atoms with Crippen molar-refractivity contribution in [1.82, 2.24) is 5.32 Å². The minimum absolute atomic E-state index is 0.106. The number of para-hydroxylation sites is 1. The Morgan fingerprint density at radius 1 is 1.12 bits per heavy atom. The van der Waals surface area contributed by atoms with E-state index in [9.17, 15) is 4.79 Å². The first-order valence-corrected chi connectivity index (χ1v) is 8.41. The normalized spacial score (nSPS) is 13.4. The molecule has 1 heterocycles. The van der Waals surface area contributed by atoms with Crippen LogP contribution in [0.4, 0.5) is 10.5 Å². The summed E-state index contributed by atoms with van der Waals surface area (Å²) in [6.45, 7) is 7.03. The van der Waals surface area contributed by atoms with Crippen LogP contribution in [0.5, 0.6) is 5.75 Å². The number of nitrogens with one attached hydrogen (secondary N) is 1. The number of amides is 2. The molecule has 4 nitrogen and oxygen atoms in total. The van der Waals surface area contributed by atoms with Gasteiger partial charge in [0.2, 0.25) is 0 Å². The standard InChI is InChI=1S/C20H24N2O2/c1-14-10-11-15(2)19(16(14)3)24-13-21-20(23)22-12-6-8-17-7-4-5-9-18(17)22/h4-5,7,9-11H,6,8,12-13H2,1-3H3,(H,21,23). The smallest absolute Gasteiger partial charge is 0.324 e. The van der Waals surface area contributed by atoms with E-state index in [0.29, 0.717) is 0 Å². The van der Waals surface area contributed by atoms with E-state index < -0.39 is 0 Å². The van der Waals surface area contributed by atoms with E-state index in [2.05, 4.69) is 24.4 Å². The number of carbonyl (C=O) groups excluding carboxylic acids is 1. The molecule has 2 aromatic carbocycles. The topological polar surface area (TPSA) is 41.6 Å². The molecule has 0 saturated heterocycles. The first kappa shape index (κ1) is 16.4. The number of anilines is 1. The Balaban J connectivity index is 1.64. The van der Waals surface area contributed by atoms with Crippen LogP contribution in [-0.4, -0.2) is 19.3 Å². The fourth-order valence-electron chi connectivity index (χ4n) is 3.16. The van der Waals surface area contributed by atoms with Crippen molar-refractivity contribution in [1.29, 1.82) is 0 Å². The quantitative estimate of drug-likeness (QED) is 0.863. The summed E-state index contributed by atoms with van der Waals surface area (Å²) in [6, 6.07) is 12.1. The van der Waals surface area contributed by atoms with Gasteiger partial charge < -0.3 is 10.1 Å². The minimum Gasteiger partial charge on any atom is -0.473 e. The molecule has 2 aromatic rings. The number of benzene rings is 2. The fourth-order valence-corrected chi connectivity index (χ4v) is 3.16. The largest absolute Gasteiger partial charge is 0.473 e. The monoisotopic (exact) mass is 324 g/mol. The van der Waals surface area contributed by atoms with Gasteiger partial charge in [0, 0.05) is 12.2 Å². The molecule has 0 saturated carbocycles. The predicted octanol–water partition coefficient (Wildman–Crippen LogP) is 4.11. The molecule has 4 heteroatoms. The van der Waals surface area contributed by atoms with Crippen LogP contribution in [0.1, 0.15) is 28.7 Å². The second kappa shape index (κ2) is 6.95. The van der Waals surface area contributed by atoms with Crippen LogP contribution in [-0.2, 0) is 6.42 Å². The van der Waals surface area contributed by atoms with E-state index in [4.69, 9.17) is 4.74 Å². The third kappa shape index (κ3) is 3.23. The summed E-state index contributed by atoms with van der Waals surface area (Å²) < 4.78 is 5.84. The van der Waals surface area contributed by atoms with Gasteiger partial charge in [-0.1, -0.05) is 30.3 Å². The molecule has 0 fully saturated rings. The number of carbonyl (C=O) groups is 1. The van der Waals surface area contributed by atoms with Crippen molar-refractivity contribution in [3.05, 3.63) is 58.7 Å². The first-order chi connectivity index (χ1) is 11.6. The van der Waals surface area contributed by atoms with E-state index in [1.54, 1.807) is 4.90 Å². The molecule has 1 aliphatic heterocycles. The van der Waals surface area contributed by atoms with Crippen molar-refractivity contribution in [2.75, 3.05) is 18.2 Å². The van der Waals surface area contributed by atoms with Gasteiger partial charge in [-0.25, -0.2) is 4.79 Å². The van der Waals surface area contributed by atoms with Gasteiger partial charge in [0.15, 0.2) is 6.73 Å². The molecule has 0 spiro atoms. The summed E-state index contributed by atoms with van der Waals surface area (Å²) >= 11 is 0. The molecule has 0 atom stereocenters. The van der Waals surface area contributed by atoms with Gasteiger partial charge >= 0.3 is 6.03 Å². The molecule has 126 valence electrons. The van der Waals surface area contributed by atoms with E-state index in [-0.39, 0.29) is 12.8 Å². The van der Waals surface area contributed by atoms with Crippen molar-refractivity contribution < 1.29 is 9.53 Å². The van der Waals surface area contributed by atoms with Gasteiger partial charge in [0.05, 0.1) is 0 Å². The highest BCUT2D eigenvalue weighted by molar-refractivity contribution is 5.93. The minimum atomic E-state index is -0.106. The second-order valence-electron chi connectivity index (χ2n) is 6.31. The Kier molecular flexibility index (Phi) is 4.74. The lowest BCUT2D eigenvalue weighted by atomic mass is 10.0. The lowest BCUT2D eigenvalue weighted by Crippen LogP contribution is -2.44. The van der Waals surface area contributed by atoms with Crippen LogP contribution in [0.15, 0.2) is 36.4 Å². The van der Waals surface area contributed by atoms with Crippen LogP contribution in [0.25, 0.3) is 0 Å². The Morgan fingerprint density at radius 2 is 1.88 bits per heavy atom. The van der Waals surface area contributed by atoms with Crippen molar-refractivity contribution in [2.45, 2.75) is 33.6 Å². The average Bonchev–Trinajstić information content (AvgIpc) is 2.60. The Bertz CT molecular complexity index is 755. The molecule has 24 heavy (non-hydrogen) atoms. The number of urea groups is 1. The van der Waals surface area contributed by atoms with Gasteiger partial charge in [0.25, 0.3) is 0 Å². The molecule has 0 aliphatic carbocycles. The van der Waals surface area contributed by atoms with Crippen molar-refractivity contribution >= 4 is 11.7 Å². The van der Waals surface area contributed by atoms with E-state index in [1.807, 2.05) is 38.1 Å². The van der Waals surface area contributed by atoms with E-state index >= 15 is 0 Å². The highest BCUT2D eigenvalue weighted by Crippen LogP contribution is 2.27. The molecule has 0 aromatic heterocycles. The van der Waals surface area contributed by atoms with Gasteiger partial charge in [-0.15, -0.1) is 0 Å². The zero-order valence-corrected chi connectivity index (χ0v) is 14.6. The molecular weight excluding hydrogens is 300 g/mol. The Hall–Kier alpha value is -2.49. The predicted molar refractivity (Wildman–Crippen MR) is 96.8 cm³/mol. The molecule has 1 aliphatic rings. The molecule has 0 radical (unpaired) electrons. The van der Waals surface area contributed by atoms with Gasteiger partial charge in [-0.05, 0) is 61.9 Å². The number of fused-ring (bicyclic) bond motifs is 1. The average molecular weight is 324 g/mol. The van der Waals surface area contributed by atoms with E-state index in [0.717, 1.165) is 42.0 Å². The summed E-state index contributed by atoms with van der Waals surface area (Å²) in [5.41, 5.74) is 5.62. The van der Waals surface area contributed by atoms with Crippen molar-refractivity contribution in [3.8, 4) is 5.75 Å². The highest BCUT2D eigenvalue weighted by Gasteiger charge is 2.21. The van der Waals surface area contributed by atoms with Crippen LogP contribution >= 0.6 is 0 Å². The highest BCUT2D eigenvalue weighted by atomic mass is 16.5. The van der Waals surface area contributed by atoms with Crippen LogP contribution < -0.4 is 15.0 Å². The number of hydrogen-bond donors (Lipinski definition) is 1.